The first-order chi connectivity index (χ1) is 9.82. The van der Waals surface area contributed by atoms with Gasteiger partial charge in [0.1, 0.15) is 0 Å². The van der Waals surface area contributed by atoms with Crippen LogP contribution < -0.4 is 11.1 Å². The largest absolute Gasteiger partial charge is 0.368 e. The molecule has 5 nitrogen and oxygen atoms in total. The number of carbonyl (C=O) groups is 1. The highest BCUT2D eigenvalue weighted by Crippen LogP contribution is 2.15. The molecule has 0 spiro atoms. The predicted octanol–water partition coefficient (Wildman–Crippen LogP) is 2.03. The van der Waals surface area contributed by atoms with Gasteiger partial charge in [0.25, 0.3) is 0 Å². The third-order valence-electron chi connectivity index (χ3n) is 3.84. The first kappa shape index (κ1) is 17.7. The van der Waals surface area contributed by atoms with Gasteiger partial charge in [0.05, 0.1) is 11.2 Å². The van der Waals surface area contributed by atoms with Crippen molar-refractivity contribution in [1.29, 1.82) is 0 Å². The van der Waals surface area contributed by atoms with Crippen molar-refractivity contribution in [2.75, 3.05) is 0 Å². The lowest BCUT2D eigenvalue weighted by atomic mass is 9.94. The van der Waals surface area contributed by atoms with E-state index in [-0.39, 0.29) is 11.9 Å². The minimum absolute atomic E-state index is 0.227. The normalized spacial score (nSPS) is 14.4. The zero-order valence-corrected chi connectivity index (χ0v) is 14.1. The fourth-order valence-corrected chi connectivity index (χ4v) is 2.65. The SMILES string of the molecule is CCc1cc(CC)n(CCCC(C)(NC(C)C)C(N)=O)n1. The monoisotopic (exact) mass is 294 g/mol. The molecule has 0 aliphatic rings. The van der Waals surface area contributed by atoms with Gasteiger partial charge in [-0.1, -0.05) is 13.8 Å². The maximum absolute atomic E-state index is 11.7. The molecule has 1 heterocycles. The van der Waals surface area contributed by atoms with Gasteiger partial charge < -0.3 is 11.1 Å². The summed E-state index contributed by atoms with van der Waals surface area (Å²) >= 11 is 0. The molecule has 0 radical (unpaired) electrons. The number of aryl methyl sites for hydroxylation is 3. The second kappa shape index (κ2) is 7.59. The van der Waals surface area contributed by atoms with E-state index in [1.807, 2.05) is 20.8 Å². The average molecular weight is 294 g/mol. The van der Waals surface area contributed by atoms with Crippen molar-refractivity contribution < 1.29 is 4.79 Å². The lowest BCUT2D eigenvalue weighted by molar-refractivity contribution is -0.124. The van der Waals surface area contributed by atoms with E-state index < -0.39 is 5.54 Å². The Balaban J connectivity index is 2.66. The Bertz CT molecular complexity index is 467. The van der Waals surface area contributed by atoms with Gasteiger partial charge in [0.2, 0.25) is 5.91 Å². The number of nitrogens with one attached hydrogen (secondary N) is 1. The fraction of sp³-hybridized carbons (Fsp3) is 0.750. The van der Waals surface area contributed by atoms with E-state index in [1.165, 1.54) is 5.69 Å². The average Bonchev–Trinajstić information content (AvgIpc) is 2.80. The van der Waals surface area contributed by atoms with Crippen molar-refractivity contribution in [2.24, 2.45) is 5.73 Å². The molecule has 0 fully saturated rings. The Labute approximate surface area is 128 Å². The smallest absolute Gasteiger partial charge is 0.237 e. The molecule has 0 saturated carbocycles. The molecule has 1 unspecified atom stereocenters. The molecule has 0 saturated heterocycles. The van der Waals surface area contributed by atoms with Crippen molar-refractivity contribution in [1.82, 2.24) is 15.1 Å². The number of carbonyl (C=O) groups excluding carboxylic acids is 1. The van der Waals surface area contributed by atoms with Crippen molar-refractivity contribution in [3.05, 3.63) is 17.5 Å². The zero-order valence-electron chi connectivity index (χ0n) is 14.1. The Morgan fingerprint density at radius 3 is 2.57 bits per heavy atom. The number of rotatable bonds is 9. The van der Waals surface area contributed by atoms with Crippen molar-refractivity contribution >= 4 is 5.91 Å². The van der Waals surface area contributed by atoms with Crippen molar-refractivity contribution in [3.63, 3.8) is 0 Å². The Morgan fingerprint density at radius 1 is 1.43 bits per heavy atom. The van der Waals surface area contributed by atoms with Crippen LogP contribution in [0.1, 0.15) is 58.8 Å². The molecule has 1 aromatic rings. The lowest BCUT2D eigenvalue weighted by Crippen LogP contribution is -2.55. The molecule has 3 N–H and O–H groups in total. The van der Waals surface area contributed by atoms with Gasteiger partial charge in [0.15, 0.2) is 0 Å². The Kier molecular flexibility index (Phi) is 6.40. The van der Waals surface area contributed by atoms with E-state index >= 15 is 0 Å². The summed E-state index contributed by atoms with van der Waals surface area (Å²) in [5, 5.41) is 7.89. The van der Waals surface area contributed by atoms with E-state index in [4.69, 9.17) is 5.73 Å². The zero-order chi connectivity index (χ0) is 16.0. The second-order valence-corrected chi connectivity index (χ2v) is 6.16. The van der Waals surface area contributed by atoms with E-state index in [0.717, 1.165) is 31.5 Å². The van der Waals surface area contributed by atoms with Gasteiger partial charge in [-0.25, -0.2) is 0 Å². The molecule has 120 valence electrons. The van der Waals surface area contributed by atoms with Crippen LogP contribution in [0.4, 0.5) is 0 Å². The van der Waals surface area contributed by atoms with Gasteiger partial charge in [-0.3, -0.25) is 9.48 Å². The van der Waals surface area contributed by atoms with Gasteiger partial charge >= 0.3 is 0 Å². The Morgan fingerprint density at radius 2 is 2.10 bits per heavy atom. The number of nitrogens with zero attached hydrogens (tertiary/aromatic N) is 2. The number of amides is 1. The molecule has 0 aromatic carbocycles. The van der Waals surface area contributed by atoms with Crippen molar-refractivity contribution in [2.45, 2.75) is 78.4 Å². The highest BCUT2D eigenvalue weighted by molar-refractivity contribution is 5.84. The van der Waals surface area contributed by atoms with Gasteiger partial charge in [-0.2, -0.15) is 5.10 Å². The maximum Gasteiger partial charge on any atom is 0.237 e. The van der Waals surface area contributed by atoms with Gasteiger partial charge in [0, 0.05) is 18.3 Å². The number of primary amides is 1. The molecule has 21 heavy (non-hydrogen) atoms. The highest BCUT2D eigenvalue weighted by atomic mass is 16.1. The summed E-state index contributed by atoms with van der Waals surface area (Å²) in [6.07, 6.45) is 3.51. The third-order valence-corrected chi connectivity index (χ3v) is 3.84. The first-order valence-electron chi connectivity index (χ1n) is 7.95. The van der Waals surface area contributed by atoms with Crippen LogP contribution in [-0.4, -0.2) is 27.3 Å². The molecule has 5 heteroatoms. The van der Waals surface area contributed by atoms with Crippen molar-refractivity contribution in [3.8, 4) is 0 Å². The van der Waals surface area contributed by atoms with Gasteiger partial charge in [-0.05, 0) is 52.5 Å². The number of aromatic nitrogens is 2. The summed E-state index contributed by atoms with van der Waals surface area (Å²) in [5.41, 5.74) is 7.29. The summed E-state index contributed by atoms with van der Waals surface area (Å²) in [7, 11) is 0. The van der Waals surface area contributed by atoms with E-state index in [1.54, 1.807) is 0 Å². The fourth-order valence-electron chi connectivity index (χ4n) is 2.65. The maximum atomic E-state index is 11.7. The van der Waals surface area contributed by atoms with Crippen LogP contribution in [0.2, 0.25) is 0 Å². The van der Waals surface area contributed by atoms with Crippen LogP contribution in [0, 0.1) is 0 Å². The van der Waals surface area contributed by atoms with Crippen LogP contribution in [0.3, 0.4) is 0 Å². The molecule has 0 aliphatic carbocycles. The van der Waals surface area contributed by atoms with Crippen LogP contribution in [0.25, 0.3) is 0 Å². The first-order valence-corrected chi connectivity index (χ1v) is 7.95. The summed E-state index contributed by atoms with van der Waals surface area (Å²) in [5.74, 6) is -0.290. The number of hydrogen-bond donors (Lipinski definition) is 2. The van der Waals surface area contributed by atoms with E-state index in [2.05, 4.69) is 35.0 Å². The molecule has 0 bridgehead atoms. The van der Waals surface area contributed by atoms with Crippen LogP contribution in [0.5, 0.6) is 0 Å². The third kappa shape index (κ3) is 4.84. The summed E-state index contributed by atoms with van der Waals surface area (Å²) < 4.78 is 2.07. The standard InChI is InChI=1S/C16H30N4O/c1-6-13-11-14(7-2)20(19-13)10-8-9-16(5,15(17)21)18-12(3)4/h11-12,18H,6-10H2,1-5H3,(H2,17,21). The predicted molar refractivity (Wildman–Crippen MR) is 86.1 cm³/mol. The molecular weight excluding hydrogens is 264 g/mol. The quantitative estimate of drug-likeness (QED) is 0.732. The summed E-state index contributed by atoms with van der Waals surface area (Å²) in [6.45, 7) is 11.0. The van der Waals surface area contributed by atoms with Gasteiger partial charge in [-0.15, -0.1) is 0 Å². The van der Waals surface area contributed by atoms with Crippen LogP contribution >= 0.6 is 0 Å². The number of nitrogens with two attached hydrogens (primary N) is 1. The topological polar surface area (TPSA) is 72.9 Å². The minimum atomic E-state index is -0.652. The van der Waals surface area contributed by atoms with E-state index in [9.17, 15) is 4.79 Å². The summed E-state index contributed by atoms with van der Waals surface area (Å²) in [4.78, 5) is 11.7. The second-order valence-electron chi connectivity index (χ2n) is 6.16. The lowest BCUT2D eigenvalue weighted by Gasteiger charge is -2.30. The molecule has 1 rings (SSSR count). The van der Waals surface area contributed by atoms with E-state index in [0.29, 0.717) is 6.42 Å². The molecule has 1 atom stereocenters. The highest BCUT2D eigenvalue weighted by Gasteiger charge is 2.30. The summed E-state index contributed by atoms with van der Waals surface area (Å²) in [6, 6.07) is 2.39. The van der Waals surface area contributed by atoms with Crippen LogP contribution in [-0.2, 0) is 24.2 Å². The molecular formula is C16H30N4O. The molecule has 0 aliphatic heterocycles. The minimum Gasteiger partial charge on any atom is -0.368 e. The Hall–Kier alpha value is -1.36. The number of hydrogen-bond acceptors (Lipinski definition) is 3. The van der Waals surface area contributed by atoms with Crippen LogP contribution in [0.15, 0.2) is 6.07 Å². The molecule has 1 aromatic heterocycles. The molecule has 1 amide bonds.